The van der Waals surface area contributed by atoms with E-state index in [4.69, 9.17) is 0 Å². The van der Waals surface area contributed by atoms with Gasteiger partial charge in [0, 0.05) is 33.6 Å². The molecule has 2 aliphatic heterocycles. The first-order valence-corrected chi connectivity index (χ1v) is 8.43. The number of ketones is 1. The SMILES string of the molecule is O=C(CC1CCCC1)C1CC2CCC(C1)S2=O. The Morgan fingerprint density at radius 2 is 1.59 bits per heavy atom. The molecule has 3 fully saturated rings. The zero-order valence-corrected chi connectivity index (χ0v) is 11.2. The number of rotatable bonds is 3. The van der Waals surface area contributed by atoms with Crippen LogP contribution in [0.1, 0.15) is 57.8 Å². The molecule has 2 nitrogen and oxygen atoms in total. The molecule has 96 valence electrons. The van der Waals surface area contributed by atoms with E-state index in [1.54, 1.807) is 0 Å². The molecule has 3 rings (SSSR count). The van der Waals surface area contributed by atoms with E-state index in [0.29, 0.717) is 22.2 Å². The fourth-order valence-electron chi connectivity index (χ4n) is 3.96. The first kappa shape index (κ1) is 11.9. The highest BCUT2D eigenvalue weighted by molar-refractivity contribution is 7.86. The third kappa shape index (κ3) is 2.35. The van der Waals surface area contributed by atoms with Gasteiger partial charge in [0.05, 0.1) is 0 Å². The van der Waals surface area contributed by atoms with Crippen LogP contribution in [0.5, 0.6) is 0 Å². The Morgan fingerprint density at radius 1 is 1.00 bits per heavy atom. The van der Waals surface area contributed by atoms with Crippen LogP contribution >= 0.6 is 0 Å². The lowest BCUT2D eigenvalue weighted by Gasteiger charge is -2.27. The van der Waals surface area contributed by atoms with Crippen molar-refractivity contribution in [3.63, 3.8) is 0 Å². The molecule has 3 heteroatoms. The van der Waals surface area contributed by atoms with Crippen molar-refractivity contribution >= 4 is 16.6 Å². The fraction of sp³-hybridized carbons (Fsp3) is 0.929. The lowest BCUT2D eigenvalue weighted by Crippen LogP contribution is -2.32. The highest BCUT2D eigenvalue weighted by Crippen LogP contribution is 2.40. The molecule has 2 heterocycles. The van der Waals surface area contributed by atoms with Gasteiger partial charge in [0.15, 0.2) is 0 Å². The van der Waals surface area contributed by atoms with Gasteiger partial charge in [-0.15, -0.1) is 0 Å². The molecular formula is C14H22O2S. The second-order valence-corrected chi connectivity index (χ2v) is 8.13. The number of hydrogen-bond acceptors (Lipinski definition) is 2. The first-order chi connectivity index (χ1) is 8.24. The second kappa shape index (κ2) is 4.83. The largest absolute Gasteiger partial charge is 0.299 e. The Hall–Kier alpha value is -0.180. The lowest BCUT2D eigenvalue weighted by molar-refractivity contribution is -0.124. The molecule has 1 saturated carbocycles. The minimum Gasteiger partial charge on any atom is -0.299 e. The van der Waals surface area contributed by atoms with E-state index in [9.17, 15) is 9.00 Å². The van der Waals surface area contributed by atoms with E-state index < -0.39 is 10.8 Å². The van der Waals surface area contributed by atoms with E-state index in [0.717, 1.165) is 32.1 Å². The molecule has 0 aromatic carbocycles. The van der Waals surface area contributed by atoms with Crippen LogP contribution in [-0.2, 0) is 15.6 Å². The molecule has 0 radical (unpaired) electrons. The maximum absolute atomic E-state index is 12.3. The summed E-state index contributed by atoms with van der Waals surface area (Å²) in [4.78, 5) is 12.3. The van der Waals surface area contributed by atoms with Crippen molar-refractivity contribution in [1.29, 1.82) is 0 Å². The van der Waals surface area contributed by atoms with Gasteiger partial charge in [-0.3, -0.25) is 9.00 Å². The Kier molecular flexibility index (Phi) is 3.38. The average Bonchev–Trinajstić information content (AvgIpc) is 2.86. The van der Waals surface area contributed by atoms with Gasteiger partial charge in [-0.05, 0) is 31.6 Å². The van der Waals surface area contributed by atoms with Gasteiger partial charge in [0.2, 0.25) is 0 Å². The summed E-state index contributed by atoms with van der Waals surface area (Å²) in [6, 6.07) is 0. The van der Waals surface area contributed by atoms with Gasteiger partial charge < -0.3 is 0 Å². The molecule has 1 aliphatic carbocycles. The van der Waals surface area contributed by atoms with Crippen molar-refractivity contribution in [1.82, 2.24) is 0 Å². The van der Waals surface area contributed by atoms with E-state index in [1.807, 2.05) is 0 Å². The summed E-state index contributed by atoms with van der Waals surface area (Å²) in [5, 5.41) is 0.706. The molecule has 3 aliphatic rings. The van der Waals surface area contributed by atoms with Gasteiger partial charge in [-0.1, -0.05) is 25.7 Å². The molecule has 0 amide bonds. The van der Waals surface area contributed by atoms with Crippen molar-refractivity contribution in [2.75, 3.05) is 0 Å². The van der Waals surface area contributed by atoms with Crippen LogP contribution in [0.3, 0.4) is 0 Å². The smallest absolute Gasteiger partial charge is 0.136 e. The van der Waals surface area contributed by atoms with E-state index in [1.165, 1.54) is 25.7 Å². The number of carbonyl (C=O) groups is 1. The Bertz CT molecular complexity index is 317. The molecule has 0 aromatic heterocycles. The van der Waals surface area contributed by atoms with Crippen LogP contribution < -0.4 is 0 Å². The highest BCUT2D eigenvalue weighted by Gasteiger charge is 2.42. The highest BCUT2D eigenvalue weighted by atomic mass is 32.2. The minimum atomic E-state index is -0.612. The van der Waals surface area contributed by atoms with Gasteiger partial charge in [-0.25, -0.2) is 0 Å². The zero-order chi connectivity index (χ0) is 11.8. The summed E-state index contributed by atoms with van der Waals surface area (Å²) in [5.41, 5.74) is 0. The predicted molar refractivity (Wildman–Crippen MR) is 69.3 cm³/mol. The average molecular weight is 254 g/mol. The number of carbonyl (C=O) groups excluding carboxylic acids is 1. The van der Waals surface area contributed by atoms with Crippen molar-refractivity contribution in [3.05, 3.63) is 0 Å². The van der Waals surface area contributed by atoms with Crippen LogP contribution in [0, 0.1) is 11.8 Å². The summed E-state index contributed by atoms with van der Waals surface area (Å²) in [6.45, 7) is 0. The summed E-state index contributed by atoms with van der Waals surface area (Å²) < 4.78 is 11.9. The molecule has 0 aromatic rings. The van der Waals surface area contributed by atoms with Crippen LogP contribution in [0.4, 0.5) is 0 Å². The summed E-state index contributed by atoms with van der Waals surface area (Å²) >= 11 is 0. The fourth-order valence-corrected chi connectivity index (χ4v) is 6.09. The first-order valence-electron chi connectivity index (χ1n) is 7.16. The van der Waals surface area contributed by atoms with Gasteiger partial charge in [0.1, 0.15) is 5.78 Å². The minimum absolute atomic E-state index is 0.255. The molecule has 2 atom stereocenters. The maximum atomic E-state index is 12.3. The summed E-state index contributed by atoms with van der Waals surface area (Å²) in [5.74, 6) is 1.42. The van der Waals surface area contributed by atoms with Crippen LogP contribution in [0.15, 0.2) is 0 Å². The van der Waals surface area contributed by atoms with Crippen LogP contribution in [0.2, 0.25) is 0 Å². The Labute approximate surface area is 106 Å². The quantitative estimate of drug-likeness (QED) is 0.776. The molecular weight excluding hydrogens is 232 g/mol. The second-order valence-electron chi connectivity index (χ2n) is 6.14. The van der Waals surface area contributed by atoms with Crippen molar-refractivity contribution in [3.8, 4) is 0 Å². The number of fused-ring (bicyclic) bond motifs is 2. The van der Waals surface area contributed by atoms with Crippen LogP contribution in [0.25, 0.3) is 0 Å². The Balaban J connectivity index is 1.58. The third-order valence-electron chi connectivity index (χ3n) is 4.98. The van der Waals surface area contributed by atoms with Crippen molar-refractivity contribution < 1.29 is 9.00 Å². The molecule has 2 unspecified atom stereocenters. The van der Waals surface area contributed by atoms with Gasteiger partial charge in [-0.2, -0.15) is 0 Å². The van der Waals surface area contributed by atoms with Gasteiger partial charge in [0.25, 0.3) is 0 Å². The molecule has 0 N–H and O–H groups in total. The number of hydrogen-bond donors (Lipinski definition) is 0. The molecule has 2 bridgehead atoms. The molecule has 17 heavy (non-hydrogen) atoms. The summed E-state index contributed by atoms with van der Waals surface area (Å²) in [7, 11) is -0.612. The van der Waals surface area contributed by atoms with Crippen molar-refractivity contribution in [2.24, 2.45) is 11.8 Å². The molecule has 0 spiro atoms. The monoisotopic (exact) mass is 254 g/mol. The Morgan fingerprint density at radius 3 is 2.18 bits per heavy atom. The third-order valence-corrected chi connectivity index (χ3v) is 7.15. The zero-order valence-electron chi connectivity index (χ0n) is 10.4. The normalized spacial score (nSPS) is 41.9. The summed E-state index contributed by atoms with van der Waals surface area (Å²) in [6.07, 6.45) is 10.0. The van der Waals surface area contributed by atoms with Crippen molar-refractivity contribution in [2.45, 2.75) is 68.3 Å². The lowest BCUT2D eigenvalue weighted by atomic mass is 9.88. The van der Waals surface area contributed by atoms with E-state index >= 15 is 0 Å². The van der Waals surface area contributed by atoms with E-state index in [-0.39, 0.29) is 5.92 Å². The standard InChI is InChI=1S/C14H22O2S/c15-14(7-10-3-1-2-4-10)11-8-12-5-6-13(9-11)17(12)16/h10-13H,1-9H2. The maximum Gasteiger partial charge on any atom is 0.136 e. The van der Waals surface area contributed by atoms with Gasteiger partial charge >= 0.3 is 0 Å². The molecule has 2 saturated heterocycles. The predicted octanol–water partition coefficient (Wildman–Crippen LogP) is 2.83. The van der Waals surface area contributed by atoms with E-state index in [2.05, 4.69) is 0 Å². The topological polar surface area (TPSA) is 34.1 Å². The van der Waals surface area contributed by atoms with Crippen LogP contribution in [-0.4, -0.2) is 20.5 Å². The number of Topliss-reactive ketones (excluding diaryl/α,β-unsaturated/α-hetero) is 1.